The van der Waals surface area contributed by atoms with Crippen LogP contribution in [0, 0.1) is 0 Å². The number of hydrogen-bond acceptors (Lipinski definition) is 4. The first kappa shape index (κ1) is 15.4. The second-order valence-electron chi connectivity index (χ2n) is 4.57. The van der Waals surface area contributed by atoms with Gasteiger partial charge in [-0.2, -0.15) is 0 Å². The highest BCUT2D eigenvalue weighted by atomic mass is 79.9. The van der Waals surface area contributed by atoms with Crippen molar-refractivity contribution in [3.63, 3.8) is 0 Å². The third kappa shape index (κ3) is 3.55. The molecule has 110 valence electrons. The molecule has 0 aliphatic carbocycles. The van der Waals surface area contributed by atoms with E-state index in [4.69, 9.17) is 5.73 Å². The van der Waals surface area contributed by atoms with E-state index in [1.54, 1.807) is 18.2 Å². The average Bonchev–Trinajstić information content (AvgIpc) is 2.49. The van der Waals surface area contributed by atoms with Crippen LogP contribution in [0.1, 0.15) is 22.8 Å². The predicted molar refractivity (Wildman–Crippen MR) is 89.0 cm³/mol. The topological polar surface area (TPSA) is 64.3 Å². The summed E-state index contributed by atoms with van der Waals surface area (Å²) < 4.78 is 5.72. The lowest BCUT2D eigenvalue weighted by Crippen LogP contribution is -2.04. The zero-order chi connectivity index (χ0) is 15.4. The van der Waals surface area contributed by atoms with Gasteiger partial charge in [-0.15, -0.1) is 0 Å². The molecule has 4 nitrogen and oxygen atoms in total. The molecule has 0 atom stereocenters. The van der Waals surface area contributed by atoms with Crippen molar-refractivity contribution in [1.29, 1.82) is 0 Å². The summed E-state index contributed by atoms with van der Waals surface area (Å²) in [6, 6.07) is 11.1. The molecular weight excluding hydrogens is 332 g/mol. The average molecular weight is 349 g/mol. The number of ether oxygens (including phenoxy) is 1. The number of rotatable bonds is 4. The van der Waals surface area contributed by atoms with Crippen molar-refractivity contribution in [2.75, 3.05) is 18.2 Å². The van der Waals surface area contributed by atoms with Crippen LogP contribution < -0.4 is 11.1 Å². The normalized spacial score (nSPS) is 10.2. The first-order valence-corrected chi connectivity index (χ1v) is 7.37. The van der Waals surface area contributed by atoms with E-state index >= 15 is 0 Å². The lowest BCUT2D eigenvalue weighted by atomic mass is 10.1. The molecule has 2 aromatic carbocycles. The van der Waals surface area contributed by atoms with Gasteiger partial charge >= 0.3 is 5.97 Å². The van der Waals surface area contributed by atoms with Gasteiger partial charge in [0.15, 0.2) is 0 Å². The van der Waals surface area contributed by atoms with Crippen LogP contribution in [0.2, 0.25) is 0 Å². The number of esters is 1. The molecule has 0 bridgehead atoms. The van der Waals surface area contributed by atoms with Crippen molar-refractivity contribution in [3.05, 3.63) is 52.0 Å². The van der Waals surface area contributed by atoms with Crippen molar-refractivity contribution >= 4 is 39.0 Å². The second kappa shape index (κ2) is 6.63. The number of carbonyl (C=O) groups excluding carboxylic acids is 1. The van der Waals surface area contributed by atoms with E-state index < -0.39 is 5.97 Å². The Labute approximate surface area is 132 Å². The molecular formula is C16H17BrN2O2. The van der Waals surface area contributed by atoms with Crippen LogP contribution in [0.3, 0.4) is 0 Å². The van der Waals surface area contributed by atoms with Gasteiger partial charge in [0, 0.05) is 10.2 Å². The van der Waals surface area contributed by atoms with Crippen LogP contribution in [0.25, 0.3) is 0 Å². The summed E-state index contributed by atoms with van der Waals surface area (Å²) in [5.41, 5.74) is 9.89. The van der Waals surface area contributed by atoms with Crippen molar-refractivity contribution < 1.29 is 9.53 Å². The number of anilines is 3. The molecule has 0 saturated carbocycles. The van der Waals surface area contributed by atoms with E-state index in [0.29, 0.717) is 11.3 Å². The highest BCUT2D eigenvalue weighted by Crippen LogP contribution is 2.28. The molecule has 0 radical (unpaired) electrons. The van der Waals surface area contributed by atoms with E-state index in [1.165, 1.54) is 12.7 Å². The van der Waals surface area contributed by atoms with Crippen LogP contribution in [0.5, 0.6) is 0 Å². The van der Waals surface area contributed by atoms with Gasteiger partial charge in [-0.25, -0.2) is 4.79 Å². The molecule has 2 aromatic rings. The summed E-state index contributed by atoms with van der Waals surface area (Å²) in [6.45, 7) is 2.09. The largest absolute Gasteiger partial charge is 0.465 e. The standard InChI is InChI=1S/C16H17BrN2O2/c1-3-10-8-12(17)5-7-14(10)19-15-6-4-11(9-13(15)18)16(20)21-2/h4-9,19H,3,18H2,1-2H3. The maximum Gasteiger partial charge on any atom is 0.337 e. The molecule has 0 aliphatic heterocycles. The number of nitrogens with one attached hydrogen (secondary N) is 1. The predicted octanol–water partition coefficient (Wildman–Crippen LogP) is 4.12. The van der Waals surface area contributed by atoms with Gasteiger partial charge in [-0.1, -0.05) is 22.9 Å². The first-order chi connectivity index (χ1) is 10.0. The number of carbonyl (C=O) groups is 1. The molecule has 2 rings (SSSR count). The van der Waals surface area contributed by atoms with E-state index in [0.717, 1.165) is 22.3 Å². The molecule has 0 saturated heterocycles. The maximum absolute atomic E-state index is 11.5. The maximum atomic E-state index is 11.5. The number of hydrogen-bond donors (Lipinski definition) is 2. The Kier molecular flexibility index (Phi) is 4.85. The molecule has 21 heavy (non-hydrogen) atoms. The molecule has 0 unspecified atom stereocenters. The quantitative estimate of drug-likeness (QED) is 0.644. The van der Waals surface area contributed by atoms with Crippen molar-refractivity contribution in [2.24, 2.45) is 0 Å². The van der Waals surface area contributed by atoms with Crippen LogP contribution >= 0.6 is 15.9 Å². The zero-order valence-corrected chi connectivity index (χ0v) is 13.5. The molecule has 0 aliphatic rings. The molecule has 0 fully saturated rings. The third-order valence-electron chi connectivity index (χ3n) is 3.19. The van der Waals surface area contributed by atoms with Crippen LogP contribution in [-0.4, -0.2) is 13.1 Å². The highest BCUT2D eigenvalue weighted by Gasteiger charge is 2.09. The van der Waals surface area contributed by atoms with Gasteiger partial charge < -0.3 is 15.8 Å². The molecule has 5 heteroatoms. The van der Waals surface area contributed by atoms with Crippen LogP contribution in [0.4, 0.5) is 17.1 Å². The van der Waals surface area contributed by atoms with Gasteiger partial charge in [-0.3, -0.25) is 0 Å². The minimum atomic E-state index is -0.397. The van der Waals surface area contributed by atoms with Gasteiger partial charge in [0.1, 0.15) is 0 Å². The number of halogens is 1. The second-order valence-corrected chi connectivity index (χ2v) is 5.49. The fourth-order valence-electron chi connectivity index (χ4n) is 2.04. The number of benzene rings is 2. The third-order valence-corrected chi connectivity index (χ3v) is 3.68. The van der Waals surface area contributed by atoms with E-state index in [9.17, 15) is 4.79 Å². The number of aryl methyl sites for hydroxylation is 1. The molecule has 0 heterocycles. The van der Waals surface area contributed by atoms with E-state index in [1.807, 2.05) is 12.1 Å². The molecule has 0 amide bonds. The lowest BCUT2D eigenvalue weighted by Gasteiger charge is -2.14. The summed E-state index contributed by atoms with van der Waals surface area (Å²) in [7, 11) is 1.35. The van der Waals surface area contributed by atoms with Gasteiger partial charge in [0.05, 0.1) is 24.0 Å². The summed E-state index contributed by atoms with van der Waals surface area (Å²) in [5.74, 6) is -0.397. The fourth-order valence-corrected chi connectivity index (χ4v) is 2.45. The molecule has 0 spiro atoms. The molecule has 3 N–H and O–H groups in total. The van der Waals surface area contributed by atoms with Gasteiger partial charge in [-0.05, 0) is 48.4 Å². The summed E-state index contributed by atoms with van der Waals surface area (Å²) in [5, 5.41) is 3.31. The number of nitrogen functional groups attached to an aromatic ring is 1. The molecule has 0 aromatic heterocycles. The van der Waals surface area contributed by atoms with Crippen LogP contribution in [0.15, 0.2) is 40.9 Å². The van der Waals surface area contributed by atoms with Gasteiger partial charge in [0.25, 0.3) is 0 Å². The Bertz CT molecular complexity index is 671. The van der Waals surface area contributed by atoms with Crippen molar-refractivity contribution in [3.8, 4) is 0 Å². The summed E-state index contributed by atoms with van der Waals surface area (Å²) in [4.78, 5) is 11.5. The Balaban J connectivity index is 2.30. The van der Waals surface area contributed by atoms with Crippen molar-refractivity contribution in [2.45, 2.75) is 13.3 Å². The number of methoxy groups -OCH3 is 1. The Morgan fingerprint density at radius 1 is 1.24 bits per heavy atom. The smallest absolute Gasteiger partial charge is 0.337 e. The Morgan fingerprint density at radius 3 is 2.57 bits per heavy atom. The van der Waals surface area contributed by atoms with Gasteiger partial charge in [0.2, 0.25) is 0 Å². The Hall–Kier alpha value is -2.01. The van der Waals surface area contributed by atoms with Crippen molar-refractivity contribution in [1.82, 2.24) is 0 Å². The van der Waals surface area contributed by atoms with E-state index in [2.05, 4.69) is 39.0 Å². The van der Waals surface area contributed by atoms with E-state index in [-0.39, 0.29) is 0 Å². The summed E-state index contributed by atoms with van der Waals surface area (Å²) >= 11 is 3.47. The lowest BCUT2D eigenvalue weighted by molar-refractivity contribution is 0.0601. The minimum Gasteiger partial charge on any atom is -0.465 e. The highest BCUT2D eigenvalue weighted by molar-refractivity contribution is 9.10. The zero-order valence-electron chi connectivity index (χ0n) is 11.9. The SMILES string of the molecule is CCc1cc(Br)ccc1Nc1ccc(C(=O)OC)cc1N. The van der Waals surface area contributed by atoms with Crippen LogP contribution in [-0.2, 0) is 11.2 Å². The fraction of sp³-hybridized carbons (Fsp3) is 0.188. The Morgan fingerprint density at radius 2 is 1.95 bits per heavy atom. The first-order valence-electron chi connectivity index (χ1n) is 6.58. The minimum absolute atomic E-state index is 0.397. The number of nitrogens with two attached hydrogens (primary N) is 1. The monoisotopic (exact) mass is 348 g/mol. The summed E-state index contributed by atoms with van der Waals surface area (Å²) in [6.07, 6.45) is 0.905.